The van der Waals surface area contributed by atoms with Crippen LogP contribution in [0.4, 0.5) is 0 Å². The molecule has 0 amide bonds. The molecule has 0 bridgehead atoms. The maximum atomic E-state index is 11.6. The fourth-order valence-corrected chi connectivity index (χ4v) is 3.83. The number of rotatable bonds is 6. The summed E-state index contributed by atoms with van der Waals surface area (Å²) in [6.45, 7) is 7.57. The molecule has 0 radical (unpaired) electrons. The van der Waals surface area contributed by atoms with Crippen molar-refractivity contribution in [2.75, 3.05) is 20.2 Å². The number of hydrogen-bond acceptors (Lipinski definition) is 4. The Morgan fingerprint density at radius 3 is 2.81 bits per heavy atom. The molecule has 5 heteroatoms. The second kappa shape index (κ2) is 8.49. The Balaban J connectivity index is 1.64. The fraction of sp³-hybridized carbons (Fsp3) is 0.524. The van der Waals surface area contributed by atoms with E-state index >= 15 is 0 Å². The highest BCUT2D eigenvalue weighted by molar-refractivity contribution is 5.89. The van der Waals surface area contributed by atoms with Gasteiger partial charge in [-0.1, -0.05) is 26.0 Å². The molecule has 1 aliphatic heterocycles. The third kappa shape index (κ3) is 4.52. The van der Waals surface area contributed by atoms with Crippen LogP contribution >= 0.6 is 0 Å². The molecule has 0 spiro atoms. The molecule has 1 fully saturated rings. The summed E-state index contributed by atoms with van der Waals surface area (Å²) in [6.07, 6.45) is 5.49. The number of aromatic nitrogens is 2. The van der Waals surface area contributed by atoms with Crippen molar-refractivity contribution in [2.24, 2.45) is 5.92 Å². The van der Waals surface area contributed by atoms with Gasteiger partial charge in [0.05, 0.1) is 18.9 Å². The van der Waals surface area contributed by atoms with Crippen molar-refractivity contribution < 1.29 is 9.53 Å². The maximum Gasteiger partial charge on any atom is 0.337 e. The van der Waals surface area contributed by atoms with Crippen LogP contribution in [0.3, 0.4) is 0 Å². The van der Waals surface area contributed by atoms with Crippen molar-refractivity contribution in [1.82, 2.24) is 15.1 Å². The Morgan fingerprint density at radius 1 is 1.35 bits per heavy atom. The standard InChI is InChI=1S/C21H29N3O2/c1-15(2)11-19-12-22-23-20(19)18-5-4-10-24(14-18)13-16-6-8-17(9-7-16)21(25)26-3/h6-9,12,15,18H,4-5,10-11,13-14H2,1-3H3,(H,22,23)/t18-/m1/s1. The van der Waals surface area contributed by atoms with E-state index < -0.39 is 0 Å². The van der Waals surface area contributed by atoms with E-state index in [9.17, 15) is 4.79 Å². The van der Waals surface area contributed by atoms with Gasteiger partial charge in [0.2, 0.25) is 0 Å². The highest BCUT2D eigenvalue weighted by Gasteiger charge is 2.25. The van der Waals surface area contributed by atoms with Gasteiger partial charge in [-0.2, -0.15) is 5.10 Å². The predicted octanol–water partition coefficient (Wildman–Crippen LogP) is 3.77. The van der Waals surface area contributed by atoms with Crippen molar-refractivity contribution in [2.45, 2.75) is 45.6 Å². The van der Waals surface area contributed by atoms with Gasteiger partial charge in [0.25, 0.3) is 0 Å². The van der Waals surface area contributed by atoms with Crippen LogP contribution in [0.25, 0.3) is 0 Å². The summed E-state index contributed by atoms with van der Waals surface area (Å²) in [5.41, 5.74) is 4.52. The average molecular weight is 355 g/mol. The number of nitrogens with zero attached hydrogens (tertiary/aromatic N) is 2. The van der Waals surface area contributed by atoms with Crippen LogP contribution in [0.5, 0.6) is 0 Å². The van der Waals surface area contributed by atoms with Gasteiger partial charge in [-0.25, -0.2) is 4.79 Å². The molecule has 1 aromatic carbocycles. The topological polar surface area (TPSA) is 58.2 Å². The molecule has 1 N–H and O–H groups in total. The molecule has 2 aromatic rings. The van der Waals surface area contributed by atoms with Crippen LogP contribution in [0.1, 0.15) is 59.8 Å². The third-order valence-corrected chi connectivity index (χ3v) is 5.07. The van der Waals surface area contributed by atoms with Crippen LogP contribution in [0, 0.1) is 5.92 Å². The fourth-order valence-electron chi connectivity index (χ4n) is 3.83. The maximum absolute atomic E-state index is 11.6. The zero-order chi connectivity index (χ0) is 18.5. The number of esters is 1. The Morgan fingerprint density at radius 2 is 2.12 bits per heavy atom. The summed E-state index contributed by atoms with van der Waals surface area (Å²) >= 11 is 0. The number of aromatic amines is 1. The summed E-state index contributed by atoms with van der Waals surface area (Å²) in [6, 6.07) is 7.74. The lowest BCUT2D eigenvalue weighted by atomic mass is 9.90. The summed E-state index contributed by atoms with van der Waals surface area (Å²) < 4.78 is 4.76. The number of piperidine rings is 1. The van der Waals surface area contributed by atoms with Crippen LogP contribution in [0.2, 0.25) is 0 Å². The SMILES string of the molecule is COC(=O)c1ccc(CN2CCC[C@@H](c3[nH]ncc3CC(C)C)C2)cc1. The van der Waals surface area contributed by atoms with Crippen LogP contribution in [-0.2, 0) is 17.7 Å². The summed E-state index contributed by atoms with van der Waals surface area (Å²) in [5, 5.41) is 7.57. The van der Waals surface area contributed by atoms with E-state index in [-0.39, 0.29) is 5.97 Å². The smallest absolute Gasteiger partial charge is 0.337 e. The van der Waals surface area contributed by atoms with Gasteiger partial charge in [-0.3, -0.25) is 10.00 Å². The van der Waals surface area contributed by atoms with E-state index in [0.29, 0.717) is 17.4 Å². The molecule has 140 valence electrons. The number of methoxy groups -OCH3 is 1. The third-order valence-electron chi connectivity index (χ3n) is 5.07. The van der Waals surface area contributed by atoms with Crippen molar-refractivity contribution in [1.29, 1.82) is 0 Å². The first-order chi connectivity index (χ1) is 12.6. The van der Waals surface area contributed by atoms with E-state index in [1.165, 1.54) is 36.8 Å². The zero-order valence-corrected chi connectivity index (χ0v) is 16.0. The van der Waals surface area contributed by atoms with Gasteiger partial charge >= 0.3 is 5.97 Å². The molecular weight excluding hydrogens is 326 g/mol. The van der Waals surface area contributed by atoms with E-state index in [4.69, 9.17) is 4.74 Å². The highest BCUT2D eigenvalue weighted by Crippen LogP contribution is 2.29. The molecule has 0 saturated carbocycles. The number of ether oxygens (including phenoxy) is 1. The number of carbonyl (C=O) groups excluding carboxylic acids is 1. The number of nitrogens with one attached hydrogen (secondary N) is 1. The van der Waals surface area contributed by atoms with E-state index in [0.717, 1.165) is 26.1 Å². The van der Waals surface area contributed by atoms with E-state index in [2.05, 4.69) is 28.9 Å². The van der Waals surface area contributed by atoms with Gasteiger partial charge < -0.3 is 4.74 Å². The first-order valence-corrected chi connectivity index (χ1v) is 9.48. The van der Waals surface area contributed by atoms with Crippen molar-refractivity contribution in [3.05, 3.63) is 52.8 Å². The highest BCUT2D eigenvalue weighted by atomic mass is 16.5. The second-order valence-electron chi connectivity index (χ2n) is 7.67. The molecular formula is C21H29N3O2. The summed E-state index contributed by atoms with van der Waals surface area (Å²) in [7, 11) is 1.41. The Labute approximate surface area is 155 Å². The average Bonchev–Trinajstić information content (AvgIpc) is 3.09. The molecule has 2 heterocycles. The van der Waals surface area contributed by atoms with Gasteiger partial charge in [0.15, 0.2) is 0 Å². The minimum atomic E-state index is -0.286. The molecule has 1 saturated heterocycles. The molecule has 1 atom stereocenters. The normalized spacial score (nSPS) is 18.2. The largest absolute Gasteiger partial charge is 0.465 e. The summed E-state index contributed by atoms with van der Waals surface area (Å²) in [5.74, 6) is 0.875. The van der Waals surface area contributed by atoms with Crippen LogP contribution in [-0.4, -0.2) is 41.3 Å². The quantitative estimate of drug-likeness (QED) is 0.801. The van der Waals surface area contributed by atoms with Gasteiger partial charge in [0, 0.05) is 24.7 Å². The number of benzene rings is 1. The van der Waals surface area contributed by atoms with Crippen LogP contribution in [0.15, 0.2) is 30.5 Å². The van der Waals surface area contributed by atoms with Gasteiger partial charge in [-0.05, 0) is 55.0 Å². The predicted molar refractivity (Wildman–Crippen MR) is 102 cm³/mol. The van der Waals surface area contributed by atoms with E-state index in [1.807, 2.05) is 30.5 Å². The number of carbonyl (C=O) groups is 1. The molecule has 5 nitrogen and oxygen atoms in total. The van der Waals surface area contributed by atoms with Crippen molar-refractivity contribution in [3.8, 4) is 0 Å². The van der Waals surface area contributed by atoms with Gasteiger partial charge in [-0.15, -0.1) is 0 Å². The number of H-pyrrole nitrogens is 1. The molecule has 3 rings (SSSR count). The molecule has 26 heavy (non-hydrogen) atoms. The van der Waals surface area contributed by atoms with E-state index in [1.54, 1.807) is 0 Å². The zero-order valence-electron chi connectivity index (χ0n) is 16.0. The minimum absolute atomic E-state index is 0.286. The summed E-state index contributed by atoms with van der Waals surface area (Å²) in [4.78, 5) is 14.1. The first kappa shape index (κ1) is 18.6. The molecule has 1 aliphatic rings. The number of likely N-dealkylation sites (tertiary alicyclic amines) is 1. The molecule has 0 aliphatic carbocycles. The Bertz CT molecular complexity index is 721. The Kier molecular flexibility index (Phi) is 6.09. The van der Waals surface area contributed by atoms with Crippen LogP contribution < -0.4 is 0 Å². The number of hydrogen-bond donors (Lipinski definition) is 1. The van der Waals surface area contributed by atoms with Crippen molar-refractivity contribution in [3.63, 3.8) is 0 Å². The minimum Gasteiger partial charge on any atom is -0.465 e. The lowest BCUT2D eigenvalue weighted by molar-refractivity contribution is 0.0600. The lowest BCUT2D eigenvalue weighted by Crippen LogP contribution is -2.34. The second-order valence-corrected chi connectivity index (χ2v) is 7.67. The monoisotopic (exact) mass is 355 g/mol. The Hall–Kier alpha value is -2.14. The van der Waals surface area contributed by atoms with Crippen molar-refractivity contribution >= 4 is 5.97 Å². The molecule has 0 unspecified atom stereocenters. The first-order valence-electron chi connectivity index (χ1n) is 9.48. The lowest BCUT2D eigenvalue weighted by Gasteiger charge is -2.32. The van der Waals surface area contributed by atoms with Gasteiger partial charge in [0.1, 0.15) is 0 Å². The molecule has 1 aromatic heterocycles.